The van der Waals surface area contributed by atoms with Crippen LogP contribution in [-0.4, -0.2) is 36.3 Å². The van der Waals surface area contributed by atoms with Crippen molar-refractivity contribution in [2.75, 3.05) is 23.3 Å². The smallest absolute Gasteiger partial charge is 0.228 e. The number of carbonyl (C=O) groups is 4. The average molecular weight is 543 g/mol. The number of hydrogen-bond donors (Lipinski definition) is 1. The van der Waals surface area contributed by atoms with Crippen molar-refractivity contribution >= 4 is 34.6 Å². The van der Waals surface area contributed by atoms with Crippen LogP contribution in [0.4, 0.5) is 11.4 Å². The number of carbonyl (C=O) groups excluding carboxylic acids is 4. The first-order chi connectivity index (χ1) is 19.3. The number of benzene rings is 2. The zero-order valence-electron chi connectivity index (χ0n) is 24.1. The Hall–Kier alpha value is -3.54. The largest absolute Gasteiger partial charge is 0.372 e. The van der Waals surface area contributed by atoms with E-state index in [2.05, 4.69) is 22.3 Å². The molecule has 6 nitrogen and oxygen atoms in total. The summed E-state index contributed by atoms with van der Waals surface area (Å²) in [6.07, 6.45) is 9.34. The van der Waals surface area contributed by atoms with Crippen LogP contribution in [0.5, 0.6) is 0 Å². The number of allylic oxidation sites excluding steroid dienone is 2. The monoisotopic (exact) mass is 542 g/mol. The highest BCUT2D eigenvalue weighted by Gasteiger charge is 2.33. The first-order valence-electron chi connectivity index (χ1n) is 14.8. The molecule has 1 aliphatic heterocycles. The fraction of sp³-hybridized carbons (Fsp3) is 0.471. The predicted octanol–water partition coefficient (Wildman–Crippen LogP) is 6.37. The van der Waals surface area contributed by atoms with E-state index >= 15 is 0 Å². The number of ketones is 3. The highest BCUT2D eigenvalue weighted by molar-refractivity contribution is 5.99. The van der Waals surface area contributed by atoms with Gasteiger partial charge in [-0.15, -0.1) is 0 Å². The summed E-state index contributed by atoms with van der Waals surface area (Å²) in [5.41, 5.74) is 4.39. The Morgan fingerprint density at radius 2 is 1.70 bits per heavy atom. The van der Waals surface area contributed by atoms with Crippen molar-refractivity contribution in [3.05, 3.63) is 71.3 Å². The number of hydrogen-bond acceptors (Lipinski definition) is 5. The van der Waals surface area contributed by atoms with E-state index in [0.717, 1.165) is 29.9 Å². The number of nitrogens with zero attached hydrogens (tertiary/aromatic N) is 1. The van der Waals surface area contributed by atoms with E-state index in [0.29, 0.717) is 24.8 Å². The van der Waals surface area contributed by atoms with Crippen molar-refractivity contribution < 1.29 is 19.2 Å². The standard InChI is InChI=1S/C34H42N2O4/c1-4-26-21-25(22-33(39)35-28-13-15-29(16-14-28)36-19-6-5-7-20-36)11-17-30(26)32(38)10-8-9-27-12-18-31(37)23(2)24(3)34(27)40/h8-9,11,13-17,21,23-24,27H,4-7,10,12,18-20,22H2,1-3H3,(H,35,39)/b9-8+. The summed E-state index contributed by atoms with van der Waals surface area (Å²) in [5, 5.41) is 2.99. The van der Waals surface area contributed by atoms with E-state index in [9.17, 15) is 19.2 Å². The van der Waals surface area contributed by atoms with Gasteiger partial charge in [-0.25, -0.2) is 0 Å². The predicted molar refractivity (Wildman–Crippen MR) is 160 cm³/mol. The molecule has 2 aromatic rings. The minimum atomic E-state index is -0.316. The summed E-state index contributed by atoms with van der Waals surface area (Å²) >= 11 is 0. The number of amides is 1. The summed E-state index contributed by atoms with van der Waals surface area (Å²) in [5.74, 6) is -0.747. The van der Waals surface area contributed by atoms with Gasteiger partial charge in [0.1, 0.15) is 11.6 Å². The van der Waals surface area contributed by atoms with Crippen molar-refractivity contribution in [2.45, 2.75) is 72.1 Å². The van der Waals surface area contributed by atoms with Gasteiger partial charge < -0.3 is 10.2 Å². The molecule has 0 aromatic heterocycles. The van der Waals surface area contributed by atoms with E-state index in [1.807, 2.05) is 57.2 Å². The molecule has 3 atom stereocenters. The molecule has 6 heteroatoms. The second-order valence-electron chi connectivity index (χ2n) is 11.3. The quantitative estimate of drug-likeness (QED) is 0.226. The molecule has 40 heavy (non-hydrogen) atoms. The van der Waals surface area contributed by atoms with Gasteiger partial charge in [0.05, 0.1) is 6.42 Å². The van der Waals surface area contributed by atoms with Crippen LogP contribution in [0, 0.1) is 17.8 Å². The Bertz CT molecular complexity index is 1260. The van der Waals surface area contributed by atoms with Gasteiger partial charge in [0.2, 0.25) is 5.91 Å². The van der Waals surface area contributed by atoms with Gasteiger partial charge in [0.25, 0.3) is 0 Å². The summed E-state index contributed by atoms with van der Waals surface area (Å²) in [4.78, 5) is 53.1. The number of rotatable bonds is 9. The third kappa shape index (κ3) is 7.35. The van der Waals surface area contributed by atoms with Gasteiger partial charge in [0.15, 0.2) is 5.78 Å². The van der Waals surface area contributed by atoms with Gasteiger partial charge in [-0.2, -0.15) is 0 Å². The minimum absolute atomic E-state index is 0.0172. The fourth-order valence-corrected chi connectivity index (χ4v) is 5.79. The van der Waals surface area contributed by atoms with E-state index in [1.165, 1.54) is 24.9 Å². The lowest BCUT2D eigenvalue weighted by Crippen LogP contribution is -2.29. The Labute approximate surface area is 238 Å². The van der Waals surface area contributed by atoms with Crippen LogP contribution >= 0.6 is 0 Å². The number of Topliss-reactive ketones (excluding diaryl/α,β-unsaturated/α-hetero) is 3. The first-order valence-corrected chi connectivity index (χ1v) is 14.8. The van der Waals surface area contributed by atoms with E-state index in [-0.39, 0.29) is 53.9 Å². The molecule has 1 saturated carbocycles. The topological polar surface area (TPSA) is 83.6 Å². The van der Waals surface area contributed by atoms with Crippen LogP contribution in [0.1, 0.15) is 80.8 Å². The second kappa shape index (κ2) is 13.7. The second-order valence-corrected chi connectivity index (χ2v) is 11.3. The lowest BCUT2D eigenvalue weighted by atomic mass is 9.86. The molecule has 4 rings (SSSR count). The van der Waals surface area contributed by atoms with Gasteiger partial charge in [0, 0.05) is 60.6 Å². The van der Waals surface area contributed by atoms with Crippen LogP contribution in [0.2, 0.25) is 0 Å². The third-order valence-corrected chi connectivity index (χ3v) is 8.53. The first kappa shape index (κ1) is 29.4. The van der Waals surface area contributed by atoms with Crippen LogP contribution in [-0.2, 0) is 27.2 Å². The molecule has 1 saturated heterocycles. The van der Waals surface area contributed by atoms with Crippen molar-refractivity contribution in [1.29, 1.82) is 0 Å². The summed E-state index contributed by atoms with van der Waals surface area (Å²) in [6, 6.07) is 13.6. The van der Waals surface area contributed by atoms with Crippen LogP contribution in [0.15, 0.2) is 54.6 Å². The third-order valence-electron chi connectivity index (χ3n) is 8.53. The number of nitrogens with one attached hydrogen (secondary N) is 1. The Morgan fingerprint density at radius 3 is 2.40 bits per heavy atom. The Balaban J connectivity index is 1.33. The molecule has 0 radical (unpaired) electrons. The lowest BCUT2D eigenvalue weighted by Gasteiger charge is -2.28. The van der Waals surface area contributed by atoms with Gasteiger partial charge in [-0.05, 0) is 67.5 Å². The normalized spacial score (nSPS) is 21.9. The summed E-state index contributed by atoms with van der Waals surface area (Å²) in [6.45, 7) is 7.82. The van der Waals surface area contributed by atoms with Crippen LogP contribution < -0.4 is 10.2 Å². The molecular weight excluding hydrogens is 500 g/mol. The van der Waals surface area contributed by atoms with E-state index in [1.54, 1.807) is 6.08 Å². The van der Waals surface area contributed by atoms with Crippen molar-refractivity contribution in [1.82, 2.24) is 0 Å². The number of piperidine rings is 1. The maximum atomic E-state index is 13.0. The highest BCUT2D eigenvalue weighted by Crippen LogP contribution is 2.28. The Morgan fingerprint density at radius 1 is 0.975 bits per heavy atom. The maximum absolute atomic E-state index is 13.0. The molecule has 1 N–H and O–H groups in total. The summed E-state index contributed by atoms with van der Waals surface area (Å²) in [7, 11) is 0. The Kier molecular flexibility index (Phi) is 10.1. The van der Waals surface area contributed by atoms with E-state index < -0.39 is 0 Å². The van der Waals surface area contributed by atoms with Crippen LogP contribution in [0.25, 0.3) is 0 Å². The zero-order valence-corrected chi connectivity index (χ0v) is 24.1. The van der Waals surface area contributed by atoms with Crippen LogP contribution in [0.3, 0.4) is 0 Å². The molecule has 2 aliphatic rings. The van der Waals surface area contributed by atoms with E-state index in [4.69, 9.17) is 0 Å². The average Bonchev–Trinajstić information content (AvgIpc) is 3.06. The number of aryl methyl sites for hydroxylation is 1. The lowest BCUT2D eigenvalue weighted by molar-refractivity contribution is -0.130. The van der Waals surface area contributed by atoms with Crippen molar-refractivity contribution in [3.8, 4) is 0 Å². The summed E-state index contributed by atoms with van der Waals surface area (Å²) < 4.78 is 0. The molecule has 3 unspecified atom stereocenters. The van der Waals surface area contributed by atoms with Gasteiger partial charge >= 0.3 is 0 Å². The maximum Gasteiger partial charge on any atom is 0.228 e. The van der Waals surface area contributed by atoms with Crippen molar-refractivity contribution in [2.24, 2.45) is 17.8 Å². The minimum Gasteiger partial charge on any atom is -0.372 e. The molecule has 212 valence electrons. The molecule has 2 aromatic carbocycles. The number of anilines is 2. The molecule has 0 bridgehead atoms. The molecule has 1 amide bonds. The molecule has 1 heterocycles. The van der Waals surface area contributed by atoms with Gasteiger partial charge in [-0.1, -0.05) is 51.1 Å². The SMILES string of the molecule is CCc1cc(CC(=O)Nc2ccc(N3CCCCC3)cc2)ccc1C(=O)C/C=C/C1CCC(=O)C(C)C(C)C1=O. The fourth-order valence-electron chi connectivity index (χ4n) is 5.79. The molecule has 0 spiro atoms. The highest BCUT2D eigenvalue weighted by atomic mass is 16.2. The molecule has 2 fully saturated rings. The molecule has 1 aliphatic carbocycles. The van der Waals surface area contributed by atoms with Crippen molar-refractivity contribution in [3.63, 3.8) is 0 Å². The van der Waals surface area contributed by atoms with Gasteiger partial charge in [-0.3, -0.25) is 19.2 Å². The zero-order chi connectivity index (χ0) is 28.6. The molecular formula is C34H42N2O4.